The predicted molar refractivity (Wildman–Crippen MR) is 56.5 cm³/mol. The van der Waals surface area contributed by atoms with Crippen molar-refractivity contribution in [2.75, 3.05) is 7.11 Å². The van der Waals surface area contributed by atoms with E-state index in [0.29, 0.717) is 0 Å². The quantitative estimate of drug-likeness (QED) is 0.628. The van der Waals surface area contributed by atoms with E-state index in [9.17, 15) is 0 Å². The molecule has 0 rings (SSSR count). The summed E-state index contributed by atoms with van der Waals surface area (Å²) >= 11 is 0. The molecule has 0 heterocycles. The summed E-state index contributed by atoms with van der Waals surface area (Å²) in [6, 6.07) is 0. The van der Waals surface area contributed by atoms with Crippen LogP contribution in [0.3, 0.4) is 0 Å². The first-order chi connectivity index (χ1) is 5.52. The lowest BCUT2D eigenvalue weighted by molar-refractivity contribution is 0.00351. The molecule has 0 fully saturated rings. The van der Waals surface area contributed by atoms with E-state index in [1.807, 2.05) is 13.8 Å². The third-order valence-corrected chi connectivity index (χ3v) is 2.09. The van der Waals surface area contributed by atoms with Crippen molar-refractivity contribution in [2.45, 2.75) is 60.0 Å². The zero-order chi connectivity index (χ0) is 10.2. The van der Waals surface area contributed by atoms with Gasteiger partial charge >= 0.3 is 0 Å². The maximum atomic E-state index is 5.31. The van der Waals surface area contributed by atoms with E-state index in [1.165, 1.54) is 6.42 Å². The molecule has 0 aliphatic carbocycles. The molecule has 0 aromatic carbocycles. The third kappa shape index (κ3) is 8.06. The van der Waals surface area contributed by atoms with Gasteiger partial charge < -0.3 is 4.74 Å². The molecule has 0 aromatic heterocycles. The number of methoxy groups -OCH3 is 1. The fourth-order valence-corrected chi connectivity index (χ4v) is 1.07. The van der Waals surface area contributed by atoms with E-state index < -0.39 is 0 Å². The fraction of sp³-hybridized carbons (Fsp3) is 1.00. The Morgan fingerprint density at radius 2 is 1.67 bits per heavy atom. The Morgan fingerprint density at radius 3 is 1.92 bits per heavy atom. The van der Waals surface area contributed by atoms with Gasteiger partial charge in [-0.3, -0.25) is 0 Å². The highest BCUT2D eigenvalue weighted by atomic mass is 16.5. The van der Waals surface area contributed by atoms with Crippen molar-refractivity contribution in [1.82, 2.24) is 0 Å². The van der Waals surface area contributed by atoms with Crippen LogP contribution in [-0.2, 0) is 4.74 Å². The van der Waals surface area contributed by atoms with Crippen LogP contribution in [0.25, 0.3) is 0 Å². The summed E-state index contributed by atoms with van der Waals surface area (Å²) in [7, 11) is 1.78. The average Bonchev–Trinajstić information content (AvgIpc) is 2.07. The number of hydrogen-bond acceptors (Lipinski definition) is 1. The van der Waals surface area contributed by atoms with E-state index in [4.69, 9.17) is 4.74 Å². The van der Waals surface area contributed by atoms with Crippen molar-refractivity contribution < 1.29 is 4.74 Å². The zero-order valence-corrected chi connectivity index (χ0v) is 9.90. The van der Waals surface area contributed by atoms with Gasteiger partial charge in [-0.25, -0.2) is 0 Å². The standard InChI is InChI=1S/C9H20O.C2H6/c1-6-8(2)7-9(3,4)10-5;1-2/h8H,6-7H2,1-5H3;1-2H3/t8-;/m0./s1. The van der Waals surface area contributed by atoms with Gasteiger partial charge in [0.25, 0.3) is 0 Å². The normalized spacial score (nSPS) is 13.2. The summed E-state index contributed by atoms with van der Waals surface area (Å²) in [4.78, 5) is 0. The summed E-state index contributed by atoms with van der Waals surface area (Å²) in [5, 5.41) is 0. The van der Waals surface area contributed by atoms with Crippen LogP contribution in [0, 0.1) is 5.92 Å². The zero-order valence-electron chi connectivity index (χ0n) is 9.90. The third-order valence-electron chi connectivity index (χ3n) is 2.09. The minimum Gasteiger partial charge on any atom is -0.379 e. The lowest BCUT2D eigenvalue weighted by Crippen LogP contribution is -2.24. The van der Waals surface area contributed by atoms with Gasteiger partial charge in [-0.1, -0.05) is 34.1 Å². The molecule has 0 aromatic rings. The van der Waals surface area contributed by atoms with E-state index in [1.54, 1.807) is 7.11 Å². The van der Waals surface area contributed by atoms with E-state index in [0.717, 1.165) is 12.3 Å². The predicted octanol–water partition coefficient (Wildman–Crippen LogP) is 3.87. The van der Waals surface area contributed by atoms with Crippen LogP contribution in [0.1, 0.15) is 54.4 Å². The lowest BCUT2D eigenvalue weighted by Gasteiger charge is -2.25. The van der Waals surface area contributed by atoms with E-state index in [2.05, 4.69) is 27.7 Å². The van der Waals surface area contributed by atoms with Crippen LogP contribution >= 0.6 is 0 Å². The van der Waals surface area contributed by atoms with Crippen LogP contribution in [-0.4, -0.2) is 12.7 Å². The first-order valence-corrected chi connectivity index (χ1v) is 5.07. The Kier molecular flexibility index (Phi) is 9.17. The van der Waals surface area contributed by atoms with Gasteiger partial charge in [0, 0.05) is 7.11 Å². The molecule has 1 nitrogen and oxygen atoms in total. The van der Waals surface area contributed by atoms with Gasteiger partial charge in [0.1, 0.15) is 0 Å². The second-order valence-corrected chi connectivity index (χ2v) is 3.68. The lowest BCUT2D eigenvalue weighted by atomic mass is 9.93. The summed E-state index contributed by atoms with van der Waals surface area (Å²) in [6.45, 7) is 12.8. The van der Waals surface area contributed by atoms with Crippen molar-refractivity contribution in [3.63, 3.8) is 0 Å². The molecule has 0 bridgehead atoms. The minimum atomic E-state index is 0.0649. The van der Waals surface area contributed by atoms with Gasteiger partial charge in [-0.2, -0.15) is 0 Å². The number of rotatable bonds is 4. The van der Waals surface area contributed by atoms with Crippen LogP contribution < -0.4 is 0 Å². The molecule has 0 radical (unpaired) electrons. The monoisotopic (exact) mass is 174 g/mol. The summed E-state index contributed by atoms with van der Waals surface area (Å²) in [6.07, 6.45) is 2.40. The largest absolute Gasteiger partial charge is 0.379 e. The van der Waals surface area contributed by atoms with Crippen LogP contribution in [0.15, 0.2) is 0 Å². The molecule has 0 saturated carbocycles. The Balaban J connectivity index is 0. The minimum absolute atomic E-state index is 0.0649. The number of hydrogen-bond donors (Lipinski definition) is 0. The fourth-order valence-electron chi connectivity index (χ4n) is 1.07. The molecule has 76 valence electrons. The smallest absolute Gasteiger partial charge is 0.0625 e. The van der Waals surface area contributed by atoms with Gasteiger partial charge in [-0.15, -0.1) is 0 Å². The molecular formula is C11H26O. The van der Waals surface area contributed by atoms with Crippen LogP contribution in [0.5, 0.6) is 0 Å². The van der Waals surface area contributed by atoms with Crippen molar-refractivity contribution >= 4 is 0 Å². The molecule has 0 aliphatic rings. The first-order valence-electron chi connectivity index (χ1n) is 5.07. The van der Waals surface area contributed by atoms with Gasteiger partial charge in [0.2, 0.25) is 0 Å². The highest BCUT2D eigenvalue weighted by Gasteiger charge is 2.18. The van der Waals surface area contributed by atoms with Crippen LogP contribution in [0.4, 0.5) is 0 Å². The Morgan fingerprint density at radius 1 is 1.25 bits per heavy atom. The topological polar surface area (TPSA) is 9.23 Å². The molecule has 1 heteroatoms. The summed E-state index contributed by atoms with van der Waals surface area (Å²) < 4.78 is 5.31. The van der Waals surface area contributed by atoms with Gasteiger partial charge in [0.05, 0.1) is 5.60 Å². The molecule has 0 N–H and O–H groups in total. The Labute approximate surface area is 78.5 Å². The van der Waals surface area contributed by atoms with Gasteiger partial charge in [-0.05, 0) is 26.2 Å². The first kappa shape index (κ1) is 14.5. The summed E-state index contributed by atoms with van der Waals surface area (Å²) in [5.41, 5.74) is 0.0649. The molecule has 0 saturated heterocycles. The highest BCUT2D eigenvalue weighted by molar-refractivity contribution is 4.70. The van der Waals surface area contributed by atoms with E-state index in [-0.39, 0.29) is 5.60 Å². The molecule has 0 unspecified atom stereocenters. The second-order valence-electron chi connectivity index (χ2n) is 3.68. The number of ether oxygens (including phenoxy) is 1. The van der Waals surface area contributed by atoms with E-state index >= 15 is 0 Å². The van der Waals surface area contributed by atoms with Crippen molar-refractivity contribution in [1.29, 1.82) is 0 Å². The van der Waals surface area contributed by atoms with Crippen LogP contribution in [0.2, 0.25) is 0 Å². The Hall–Kier alpha value is -0.0400. The van der Waals surface area contributed by atoms with Crippen molar-refractivity contribution in [3.05, 3.63) is 0 Å². The molecule has 0 amide bonds. The molecule has 0 spiro atoms. The highest BCUT2D eigenvalue weighted by Crippen LogP contribution is 2.20. The molecule has 0 aliphatic heterocycles. The molecule has 1 atom stereocenters. The maximum Gasteiger partial charge on any atom is 0.0625 e. The van der Waals surface area contributed by atoms with Crippen molar-refractivity contribution in [2.24, 2.45) is 5.92 Å². The average molecular weight is 174 g/mol. The maximum absolute atomic E-state index is 5.31. The summed E-state index contributed by atoms with van der Waals surface area (Å²) in [5.74, 6) is 0.773. The Bertz CT molecular complexity index is 87.0. The van der Waals surface area contributed by atoms with Crippen molar-refractivity contribution in [3.8, 4) is 0 Å². The second kappa shape index (κ2) is 7.60. The SMILES string of the molecule is CC.CC[C@H](C)CC(C)(C)OC. The molecular weight excluding hydrogens is 148 g/mol. The molecule has 12 heavy (non-hydrogen) atoms. The van der Waals surface area contributed by atoms with Gasteiger partial charge in [0.15, 0.2) is 0 Å².